The zero-order valence-corrected chi connectivity index (χ0v) is 16.5. The number of carbonyl (C=O) groups is 1. The first-order valence-electron chi connectivity index (χ1n) is 9.75. The molecule has 4 rings (SSSR count). The maximum atomic E-state index is 11.9. The highest BCUT2D eigenvalue weighted by Crippen LogP contribution is 2.64. The van der Waals surface area contributed by atoms with Gasteiger partial charge in [0.2, 0.25) is 0 Å². The SMILES string of the molecule is CCOC(=O)c1ccc2cc(C#CC34OC3(C)CCCC4(C)C)ccc2c1. The molecule has 1 heterocycles. The van der Waals surface area contributed by atoms with Crippen LogP contribution in [-0.2, 0) is 9.47 Å². The Labute approximate surface area is 161 Å². The summed E-state index contributed by atoms with van der Waals surface area (Å²) in [7, 11) is 0. The van der Waals surface area contributed by atoms with Crippen molar-refractivity contribution < 1.29 is 14.3 Å². The molecule has 0 spiro atoms. The standard InChI is InChI=1S/C24H26O3/c1-5-26-21(25)20-10-9-18-15-17(7-8-19(18)16-20)11-14-24-22(2,3)12-6-13-23(24,4)27-24/h7-10,15-16H,5-6,12-13H2,1-4H3. The lowest BCUT2D eigenvalue weighted by Crippen LogP contribution is -2.41. The Morgan fingerprint density at radius 2 is 1.85 bits per heavy atom. The van der Waals surface area contributed by atoms with Crippen LogP contribution in [-0.4, -0.2) is 23.8 Å². The van der Waals surface area contributed by atoms with Crippen molar-refractivity contribution in [3.8, 4) is 11.8 Å². The van der Waals surface area contributed by atoms with E-state index in [2.05, 4.69) is 38.7 Å². The number of esters is 1. The van der Waals surface area contributed by atoms with Crippen molar-refractivity contribution >= 4 is 16.7 Å². The molecule has 0 amide bonds. The predicted molar refractivity (Wildman–Crippen MR) is 107 cm³/mol. The molecular weight excluding hydrogens is 336 g/mol. The first-order chi connectivity index (χ1) is 12.8. The van der Waals surface area contributed by atoms with Crippen LogP contribution >= 0.6 is 0 Å². The summed E-state index contributed by atoms with van der Waals surface area (Å²) in [5.41, 5.74) is 1.18. The van der Waals surface area contributed by atoms with E-state index in [1.165, 1.54) is 6.42 Å². The molecule has 2 unspecified atom stereocenters. The van der Waals surface area contributed by atoms with Crippen LogP contribution in [0.15, 0.2) is 36.4 Å². The van der Waals surface area contributed by atoms with E-state index in [0.29, 0.717) is 12.2 Å². The number of carbonyl (C=O) groups excluding carboxylic acids is 1. The van der Waals surface area contributed by atoms with E-state index in [4.69, 9.17) is 9.47 Å². The van der Waals surface area contributed by atoms with Gasteiger partial charge in [-0.25, -0.2) is 4.79 Å². The summed E-state index contributed by atoms with van der Waals surface area (Å²) in [5, 5.41) is 2.07. The van der Waals surface area contributed by atoms with Crippen molar-refractivity contribution in [1.29, 1.82) is 0 Å². The zero-order valence-electron chi connectivity index (χ0n) is 16.5. The van der Waals surface area contributed by atoms with E-state index >= 15 is 0 Å². The van der Waals surface area contributed by atoms with Crippen molar-refractivity contribution in [3.05, 3.63) is 47.5 Å². The number of hydrogen-bond donors (Lipinski definition) is 0. The zero-order chi connectivity index (χ0) is 19.3. The van der Waals surface area contributed by atoms with Crippen LogP contribution in [0.25, 0.3) is 10.8 Å². The highest BCUT2D eigenvalue weighted by Gasteiger charge is 2.74. The van der Waals surface area contributed by atoms with Crippen LogP contribution in [0.5, 0.6) is 0 Å². The van der Waals surface area contributed by atoms with E-state index in [1.54, 1.807) is 0 Å². The molecule has 0 bridgehead atoms. The second kappa shape index (κ2) is 6.11. The van der Waals surface area contributed by atoms with Crippen LogP contribution in [0.2, 0.25) is 0 Å². The van der Waals surface area contributed by atoms with E-state index in [1.807, 2.05) is 37.3 Å². The molecule has 0 aromatic heterocycles. The number of epoxide rings is 1. The maximum Gasteiger partial charge on any atom is 0.338 e. The third-order valence-corrected chi connectivity index (χ3v) is 6.22. The average Bonchev–Trinajstić information content (AvgIpc) is 3.27. The summed E-state index contributed by atoms with van der Waals surface area (Å²) in [6.45, 7) is 8.92. The highest BCUT2D eigenvalue weighted by atomic mass is 16.6. The van der Waals surface area contributed by atoms with E-state index in [9.17, 15) is 4.79 Å². The minimum absolute atomic E-state index is 0.0678. The summed E-state index contributed by atoms with van der Waals surface area (Å²) in [6.07, 6.45) is 3.43. The third kappa shape index (κ3) is 2.84. The molecule has 2 atom stereocenters. The maximum absolute atomic E-state index is 11.9. The Morgan fingerprint density at radius 1 is 1.11 bits per heavy atom. The molecule has 0 radical (unpaired) electrons. The van der Waals surface area contributed by atoms with Gasteiger partial charge < -0.3 is 9.47 Å². The minimum atomic E-state index is -0.332. The number of hydrogen-bond acceptors (Lipinski definition) is 3. The summed E-state index contributed by atoms with van der Waals surface area (Å²) in [5.74, 6) is 6.56. The second-order valence-electron chi connectivity index (χ2n) is 8.50. The number of fused-ring (bicyclic) bond motifs is 2. The van der Waals surface area contributed by atoms with Crippen LogP contribution in [0, 0.1) is 17.3 Å². The van der Waals surface area contributed by atoms with Crippen LogP contribution < -0.4 is 0 Å². The Hall–Kier alpha value is -2.31. The molecule has 1 saturated heterocycles. The van der Waals surface area contributed by atoms with Gasteiger partial charge in [0.25, 0.3) is 0 Å². The topological polar surface area (TPSA) is 38.8 Å². The molecule has 2 aliphatic rings. The van der Waals surface area contributed by atoms with E-state index in [-0.39, 0.29) is 22.6 Å². The van der Waals surface area contributed by atoms with Gasteiger partial charge in [-0.15, -0.1) is 0 Å². The van der Waals surface area contributed by atoms with Gasteiger partial charge in [-0.3, -0.25) is 0 Å². The molecule has 2 aromatic carbocycles. The van der Waals surface area contributed by atoms with Gasteiger partial charge >= 0.3 is 5.97 Å². The fraction of sp³-hybridized carbons (Fsp3) is 0.458. The normalized spacial score (nSPS) is 28.0. The molecule has 2 aromatic rings. The number of benzene rings is 2. The fourth-order valence-corrected chi connectivity index (χ4v) is 4.59. The quantitative estimate of drug-likeness (QED) is 0.423. The number of rotatable bonds is 2. The van der Waals surface area contributed by atoms with Crippen LogP contribution in [0.4, 0.5) is 0 Å². The average molecular weight is 362 g/mol. The first kappa shape index (κ1) is 18.1. The predicted octanol–water partition coefficient (Wildman–Crippen LogP) is 5.11. The lowest BCUT2D eigenvalue weighted by molar-refractivity contribution is 0.0526. The van der Waals surface area contributed by atoms with Crippen molar-refractivity contribution in [2.75, 3.05) is 6.61 Å². The van der Waals surface area contributed by atoms with Gasteiger partial charge in [-0.05, 0) is 68.1 Å². The Balaban J connectivity index is 1.64. The van der Waals surface area contributed by atoms with E-state index in [0.717, 1.165) is 29.2 Å². The summed E-state index contributed by atoms with van der Waals surface area (Å²) in [4.78, 5) is 11.9. The van der Waals surface area contributed by atoms with Crippen molar-refractivity contribution in [2.45, 2.75) is 58.2 Å². The summed E-state index contributed by atoms with van der Waals surface area (Å²) >= 11 is 0. The van der Waals surface area contributed by atoms with E-state index < -0.39 is 0 Å². The smallest absolute Gasteiger partial charge is 0.338 e. The van der Waals surface area contributed by atoms with Gasteiger partial charge in [0, 0.05) is 11.0 Å². The van der Waals surface area contributed by atoms with Crippen molar-refractivity contribution in [3.63, 3.8) is 0 Å². The third-order valence-electron chi connectivity index (χ3n) is 6.22. The monoisotopic (exact) mass is 362 g/mol. The lowest BCUT2D eigenvalue weighted by Gasteiger charge is -2.34. The summed E-state index contributed by atoms with van der Waals surface area (Å²) < 4.78 is 11.3. The molecule has 0 N–H and O–H groups in total. The molecule has 1 saturated carbocycles. The lowest BCUT2D eigenvalue weighted by atomic mass is 9.64. The second-order valence-corrected chi connectivity index (χ2v) is 8.50. The Bertz CT molecular complexity index is 978. The molecular formula is C24H26O3. The molecule has 1 aliphatic heterocycles. The number of ether oxygens (including phenoxy) is 2. The molecule has 3 nitrogen and oxygen atoms in total. The summed E-state index contributed by atoms with van der Waals surface area (Å²) in [6, 6.07) is 11.7. The van der Waals surface area contributed by atoms with Gasteiger partial charge in [0.05, 0.1) is 12.2 Å². The van der Waals surface area contributed by atoms with Crippen LogP contribution in [0.3, 0.4) is 0 Å². The fourth-order valence-electron chi connectivity index (χ4n) is 4.59. The largest absolute Gasteiger partial charge is 0.462 e. The van der Waals surface area contributed by atoms with Crippen molar-refractivity contribution in [2.24, 2.45) is 5.41 Å². The highest BCUT2D eigenvalue weighted by molar-refractivity contribution is 5.95. The van der Waals surface area contributed by atoms with Gasteiger partial charge in [0.1, 0.15) is 5.60 Å². The van der Waals surface area contributed by atoms with Crippen LogP contribution in [0.1, 0.15) is 62.9 Å². The molecule has 2 fully saturated rings. The van der Waals surface area contributed by atoms with Gasteiger partial charge in [0.15, 0.2) is 5.60 Å². The molecule has 3 heteroatoms. The van der Waals surface area contributed by atoms with Gasteiger partial charge in [-0.1, -0.05) is 37.8 Å². The van der Waals surface area contributed by atoms with Gasteiger partial charge in [-0.2, -0.15) is 0 Å². The Kier molecular flexibility index (Phi) is 4.09. The molecule has 1 aliphatic carbocycles. The van der Waals surface area contributed by atoms with Crippen molar-refractivity contribution in [1.82, 2.24) is 0 Å². The minimum Gasteiger partial charge on any atom is -0.462 e. The Morgan fingerprint density at radius 3 is 2.59 bits per heavy atom. The first-order valence-corrected chi connectivity index (χ1v) is 9.75. The molecule has 140 valence electrons. The molecule has 27 heavy (non-hydrogen) atoms.